The van der Waals surface area contributed by atoms with Crippen LogP contribution >= 0.6 is 0 Å². The topological polar surface area (TPSA) is 110 Å². The fourth-order valence-electron chi connectivity index (χ4n) is 3.85. The van der Waals surface area contributed by atoms with Gasteiger partial charge in [0, 0.05) is 17.6 Å². The zero-order valence-corrected chi connectivity index (χ0v) is 15.9. The van der Waals surface area contributed by atoms with Crippen LogP contribution in [0.2, 0.25) is 0 Å². The van der Waals surface area contributed by atoms with E-state index in [4.69, 9.17) is 5.73 Å². The Morgan fingerprint density at radius 1 is 1.14 bits per heavy atom. The lowest BCUT2D eigenvalue weighted by Crippen LogP contribution is -2.18. The van der Waals surface area contributed by atoms with E-state index < -0.39 is 5.91 Å². The summed E-state index contributed by atoms with van der Waals surface area (Å²) in [4.78, 5) is 23.4. The molecule has 5 rings (SSSR count). The van der Waals surface area contributed by atoms with E-state index in [1.54, 1.807) is 0 Å². The van der Waals surface area contributed by atoms with Gasteiger partial charge in [0.25, 0.3) is 5.91 Å². The summed E-state index contributed by atoms with van der Waals surface area (Å²) >= 11 is 0. The molecule has 2 aromatic carbocycles. The third-order valence-corrected chi connectivity index (χ3v) is 5.61. The highest BCUT2D eigenvalue weighted by Gasteiger charge is 2.22. The highest BCUT2D eigenvalue weighted by atomic mass is 16.2. The van der Waals surface area contributed by atoms with Crippen LogP contribution in [-0.2, 0) is 11.2 Å². The predicted octanol–water partition coefficient (Wildman–Crippen LogP) is 3.10. The highest BCUT2D eigenvalue weighted by Crippen LogP contribution is 2.34. The van der Waals surface area contributed by atoms with E-state index in [1.807, 2.05) is 36.4 Å². The molecule has 1 fully saturated rings. The van der Waals surface area contributed by atoms with Gasteiger partial charge in [-0.05, 0) is 53.3 Å². The Labute approximate surface area is 167 Å². The summed E-state index contributed by atoms with van der Waals surface area (Å²) in [5.41, 5.74) is 10.9. The molecule has 0 atom stereocenters. The molecule has 0 spiro atoms. The number of benzene rings is 2. The summed E-state index contributed by atoms with van der Waals surface area (Å²) in [5.74, 6) is 0.212. The molecule has 4 N–H and O–H groups in total. The average molecular weight is 387 g/mol. The van der Waals surface area contributed by atoms with Gasteiger partial charge in [-0.3, -0.25) is 9.59 Å². The molecular formula is C22H21N5O2. The molecule has 2 amide bonds. The molecule has 7 nitrogen and oxygen atoms in total. The minimum atomic E-state index is -0.590. The minimum absolute atomic E-state index is 0.0161. The largest absolute Gasteiger partial charge is 0.383 e. The van der Waals surface area contributed by atoms with Crippen LogP contribution in [0.15, 0.2) is 36.4 Å². The molecule has 1 saturated carbocycles. The van der Waals surface area contributed by atoms with Gasteiger partial charge in [-0.2, -0.15) is 0 Å². The molecule has 3 aromatic rings. The maximum atomic E-state index is 11.8. The number of hydrogen-bond acceptors (Lipinski definition) is 5. The van der Waals surface area contributed by atoms with Crippen LogP contribution in [-0.4, -0.2) is 28.6 Å². The van der Waals surface area contributed by atoms with Gasteiger partial charge >= 0.3 is 0 Å². The van der Waals surface area contributed by atoms with Crippen molar-refractivity contribution in [3.8, 4) is 11.1 Å². The Morgan fingerprint density at radius 3 is 2.72 bits per heavy atom. The molecule has 1 aliphatic heterocycles. The standard InChI is InChI=1S/C22H21N5O2/c23-22(29)21-20(24-8-7-12-1-2-12)16-5-3-14(10-18(16)26-27-21)13-4-6-17-15(9-13)11-19(28)25-17/h3-6,9-10,12H,1-2,7-8,11H2,(H2,23,29)(H,24,26)(H,25,28). The van der Waals surface area contributed by atoms with Crippen LogP contribution in [0.1, 0.15) is 35.3 Å². The zero-order chi connectivity index (χ0) is 20.0. The summed E-state index contributed by atoms with van der Waals surface area (Å²) in [6.45, 7) is 0.777. The second-order valence-electron chi connectivity index (χ2n) is 7.78. The van der Waals surface area contributed by atoms with Gasteiger partial charge in [-0.25, -0.2) is 0 Å². The Hall–Kier alpha value is -3.48. The van der Waals surface area contributed by atoms with Crippen molar-refractivity contribution in [2.75, 3.05) is 17.2 Å². The molecule has 1 aliphatic carbocycles. The van der Waals surface area contributed by atoms with Crippen LogP contribution in [0, 0.1) is 5.92 Å². The summed E-state index contributed by atoms with van der Waals surface area (Å²) < 4.78 is 0. The van der Waals surface area contributed by atoms with E-state index >= 15 is 0 Å². The average Bonchev–Trinajstić information content (AvgIpc) is 3.45. The smallest absolute Gasteiger partial charge is 0.271 e. The van der Waals surface area contributed by atoms with Crippen molar-refractivity contribution in [3.05, 3.63) is 47.7 Å². The molecule has 2 aliphatic rings. The fraction of sp³-hybridized carbons (Fsp3) is 0.273. The maximum absolute atomic E-state index is 11.8. The van der Waals surface area contributed by atoms with Crippen molar-refractivity contribution in [1.82, 2.24) is 10.2 Å². The van der Waals surface area contributed by atoms with Gasteiger partial charge in [0.05, 0.1) is 17.6 Å². The van der Waals surface area contributed by atoms with Gasteiger partial charge < -0.3 is 16.4 Å². The van der Waals surface area contributed by atoms with E-state index in [0.717, 1.165) is 46.6 Å². The number of carbonyl (C=O) groups is 2. The van der Waals surface area contributed by atoms with Gasteiger partial charge in [0.1, 0.15) is 0 Å². The molecule has 0 bridgehead atoms. The lowest BCUT2D eigenvalue weighted by Gasteiger charge is -2.13. The molecular weight excluding hydrogens is 366 g/mol. The number of nitrogens with one attached hydrogen (secondary N) is 2. The summed E-state index contributed by atoms with van der Waals surface area (Å²) in [7, 11) is 0. The van der Waals surface area contributed by atoms with E-state index in [2.05, 4.69) is 20.8 Å². The van der Waals surface area contributed by atoms with Gasteiger partial charge in [0.2, 0.25) is 5.91 Å². The van der Waals surface area contributed by atoms with Crippen LogP contribution in [0.5, 0.6) is 0 Å². The Balaban J connectivity index is 1.51. The number of primary amides is 1. The molecule has 0 saturated heterocycles. The first-order valence-corrected chi connectivity index (χ1v) is 9.86. The lowest BCUT2D eigenvalue weighted by molar-refractivity contribution is -0.115. The second kappa shape index (κ2) is 6.84. The molecule has 146 valence electrons. The Kier molecular flexibility index (Phi) is 4.16. The van der Waals surface area contributed by atoms with E-state index in [-0.39, 0.29) is 11.6 Å². The van der Waals surface area contributed by atoms with E-state index in [0.29, 0.717) is 17.6 Å². The zero-order valence-electron chi connectivity index (χ0n) is 15.9. The SMILES string of the molecule is NC(=O)c1nnc2cc(-c3ccc4c(c3)CC(=O)N4)ccc2c1NCCC1CC1. The van der Waals surface area contributed by atoms with Crippen molar-refractivity contribution in [2.45, 2.75) is 25.7 Å². The van der Waals surface area contributed by atoms with Crippen LogP contribution in [0.25, 0.3) is 22.0 Å². The van der Waals surface area contributed by atoms with Crippen LogP contribution in [0.3, 0.4) is 0 Å². The normalized spacial score (nSPS) is 15.2. The molecule has 7 heteroatoms. The monoisotopic (exact) mass is 387 g/mol. The van der Waals surface area contributed by atoms with Crippen molar-refractivity contribution in [3.63, 3.8) is 0 Å². The summed E-state index contributed by atoms with van der Waals surface area (Å²) in [6.07, 6.45) is 4.03. The first-order chi connectivity index (χ1) is 14.1. The fourth-order valence-corrected chi connectivity index (χ4v) is 3.85. The first-order valence-electron chi connectivity index (χ1n) is 9.86. The van der Waals surface area contributed by atoms with E-state index in [1.165, 1.54) is 12.8 Å². The van der Waals surface area contributed by atoms with Crippen molar-refractivity contribution >= 4 is 34.1 Å². The number of rotatable bonds is 6. The quantitative estimate of drug-likeness (QED) is 0.602. The van der Waals surface area contributed by atoms with Crippen LogP contribution < -0.4 is 16.4 Å². The van der Waals surface area contributed by atoms with Crippen molar-refractivity contribution in [1.29, 1.82) is 0 Å². The first kappa shape index (κ1) is 17.6. The highest BCUT2D eigenvalue weighted by molar-refractivity contribution is 6.05. The number of hydrogen-bond donors (Lipinski definition) is 3. The molecule has 1 aromatic heterocycles. The number of aromatic nitrogens is 2. The van der Waals surface area contributed by atoms with Crippen molar-refractivity contribution in [2.24, 2.45) is 11.7 Å². The predicted molar refractivity (Wildman–Crippen MR) is 112 cm³/mol. The third kappa shape index (κ3) is 3.40. The summed E-state index contributed by atoms with van der Waals surface area (Å²) in [5, 5.41) is 15.3. The Morgan fingerprint density at radius 2 is 1.93 bits per heavy atom. The third-order valence-electron chi connectivity index (χ3n) is 5.61. The number of amides is 2. The van der Waals surface area contributed by atoms with Gasteiger partial charge in [-0.15, -0.1) is 10.2 Å². The lowest BCUT2D eigenvalue weighted by atomic mass is 10.00. The number of nitrogens with two attached hydrogens (primary N) is 1. The number of fused-ring (bicyclic) bond motifs is 2. The van der Waals surface area contributed by atoms with Crippen molar-refractivity contribution < 1.29 is 9.59 Å². The van der Waals surface area contributed by atoms with Gasteiger partial charge in [-0.1, -0.05) is 25.0 Å². The van der Waals surface area contributed by atoms with E-state index in [9.17, 15) is 9.59 Å². The maximum Gasteiger partial charge on any atom is 0.271 e. The molecule has 2 heterocycles. The molecule has 0 unspecified atom stereocenters. The second-order valence-corrected chi connectivity index (χ2v) is 7.78. The number of carbonyl (C=O) groups excluding carboxylic acids is 2. The summed E-state index contributed by atoms with van der Waals surface area (Å²) in [6, 6.07) is 11.8. The number of anilines is 2. The van der Waals surface area contributed by atoms with Gasteiger partial charge in [0.15, 0.2) is 5.69 Å². The molecule has 29 heavy (non-hydrogen) atoms. The molecule has 0 radical (unpaired) electrons. The minimum Gasteiger partial charge on any atom is -0.383 e. The Bertz CT molecular complexity index is 1150. The van der Waals surface area contributed by atoms with Crippen LogP contribution in [0.4, 0.5) is 11.4 Å². The number of nitrogens with zero attached hydrogens (tertiary/aromatic N) is 2.